The molecule has 0 aliphatic heterocycles. The monoisotopic (exact) mass is 225 g/mol. The van der Waals surface area contributed by atoms with E-state index in [-0.39, 0.29) is 21.9 Å². The Kier molecular flexibility index (Phi) is 2.95. The largest absolute Gasteiger partial charge is 0.508 e. The maximum atomic E-state index is 11.4. The third-order valence-corrected chi connectivity index (χ3v) is 3.00. The highest BCUT2D eigenvalue weighted by molar-refractivity contribution is 7.90. The van der Waals surface area contributed by atoms with Gasteiger partial charge in [0.1, 0.15) is 5.76 Å². The lowest BCUT2D eigenvalue weighted by atomic mass is 10.1. The highest BCUT2D eigenvalue weighted by Crippen LogP contribution is 2.31. The van der Waals surface area contributed by atoms with Crippen LogP contribution in [0.4, 0.5) is 5.69 Å². The second-order valence-electron chi connectivity index (χ2n) is 3.03. The van der Waals surface area contributed by atoms with Gasteiger partial charge < -0.3 is 5.11 Å². The molecule has 4 nitrogen and oxygen atoms in total. The lowest BCUT2D eigenvalue weighted by molar-refractivity contribution is 0.514. The Bertz CT molecular complexity index is 517. The van der Waals surface area contributed by atoms with Gasteiger partial charge in [0.15, 0.2) is 9.84 Å². The van der Waals surface area contributed by atoms with Crippen molar-refractivity contribution in [1.82, 2.24) is 0 Å². The van der Waals surface area contributed by atoms with Crippen molar-refractivity contribution in [2.75, 3.05) is 6.26 Å². The van der Waals surface area contributed by atoms with Crippen molar-refractivity contribution in [2.45, 2.75) is 4.90 Å². The van der Waals surface area contributed by atoms with Gasteiger partial charge >= 0.3 is 0 Å². The van der Waals surface area contributed by atoms with Crippen LogP contribution in [-0.4, -0.2) is 26.5 Å². The van der Waals surface area contributed by atoms with E-state index in [2.05, 4.69) is 18.3 Å². The first kappa shape index (κ1) is 11.5. The van der Waals surface area contributed by atoms with Crippen molar-refractivity contribution in [3.05, 3.63) is 30.3 Å². The Morgan fingerprint density at radius 2 is 2.07 bits per heavy atom. The van der Waals surface area contributed by atoms with Crippen molar-refractivity contribution in [3.63, 3.8) is 0 Å². The molecule has 0 saturated carbocycles. The van der Waals surface area contributed by atoms with Crippen molar-refractivity contribution in [2.24, 2.45) is 4.99 Å². The minimum atomic E-state index is -3.39. The van der Waals surface area contributed by atoms with Crippen LogP contribution in [0.15, 0.2) is 34.7 Å². The van der Waals surface area contributed by atoms with Gasteiger partial charge in [-0.3, -0.25) is 4.99 Å². The molecule has 1 rings (SSSR count). The van der Waals surface area contributed by atoms with Gasteiger partial charge in [0, 0.05) is 11.8 Å². The molecule has 0 radical (unpaired) electrons. The summed E-state index contributed by atoms with van der Waals surface area (Å²) < 4.78 is 22.8. The number of hydrogen-bond donors (Lipinski definition) is 1. The normalized spacial score (nSPS) is 11.0. The van der Waals surface area contributed by atoms with Gasteiger partial charge in [-0.1, -0.05) is 12.6 Å². The van der Waals surface area contributed by atoms with E-state index < -0.39 is 9.84 Å². The topological polar surface area (TPSA) is 66.7 Å². The van der Waals surface area contributed by atoms with Crippen molar-refractivity contribution in [3.8, 4) is 0 Å². The molecule has 5 heteroatoms. The number of aliphatic hydroxyl groups is 1. The lowest BCUT2D eigenvalue weighted by Crippen LogP contribution is -1.99. The maximum absolute atomic E-state index is 11.4. The second-order valence-corrected chi connectivity index (χ2v) is 5.01. The van der Waals surface area contributed by atoms with Crippen molar-refractivity contribution < 1.29 is 13.5 Å². The molecule has 0 unspecified atom stereocenters. The van der Waals surface area contributed by atoms with E-state index in [0.717, 1.165) is 6.26 Å². The van der Waals surface area contributed by atoms with Gasteiger partial charge in [0.2, 0.25) is 0 Å². The molecule has 0 aliphatic rings. The number of rotatable bonds is 3. The molecule has 0 fully saturated rings. The van der Waals surface area contributed by atoms with E-state index in [1.54, 1.807) is 0 Å². The van der Waals surface area contributed by atoms with E-state index in [4.69, 9.17) is 0 Å². The van der Waals surface area contributed by atoms with Gasteiger partial charge in [-0.05, 0) is 18.9 Å². The molecular formula is C10H11NO3S. The number of sulfone groups is 1. The van der Waals surface area contributed by atoms with Crippen LogP contribution in [0.2, 0.25) is 0 Å². The molecule has 1 aromatic rings. The van der Waals surface area contributed by atoms with Gasteiger partial charge in [0.25, 0.3) is 0 Å². The van der Waals surface area contributed by atoms with E-state index in [1.807, 2.05) is 0 Å². The molecule has 0 atom stereocenters. The fourth-order valence-corrected chi connectivity index (χ4v) is 2.07. The quantitative estimate of drug-likeness (QED) is 0.631. The number of benzene rings is 1. The summed E-state index contributed by atoms with van der Waals surface area (Å²) in [6.45, 7) is 6.61. The van der Waals surface area contributed by atoms with Crippen LogP contribution in [0, 0.1) is 0 Å². The van der Waals surface area contributed by atoms with Crippen LogP contribution in [0.25, 0.3) is 5.76 Å². The molecule has 0 bridgehead atoms. The standard InChI is InChI=1S/C10H11NO3S/c1-7(12)8-5-4-6-9(10(8)11-2)15(3,13)14/h4-6,12H,1-2H2,3H3. The summed E-state index contributed by atoms with van der Waals surface area (Å²) in [4.78, 5) is 3.64. The maximum Gasteiger partial charge on any atom is 0.177 e. The Morgan fingerprint density at radius 3 is 2.47 bits per heavy atom. The van der Waals surface area contributed by atoms with Crippen LogP contribution in [0.5, 0.6) is 0 Å². The second kappa shape index (κ2) is 3.86. The molecule has 0 spiro atoms. The van der Waals surface area contributed by atoms with E-state index in [9.17, 15) is 13.5 Å². The molecule has 1 aromatic carbocycles. The van der Waals surface area contributed by atoms with Gasteiger partial charge in [-0.2, -0.15) is 0 Å². The van der Waals surface area contributed by atoms with Gasteiger partial charge in [0.05, 0.1) is 10.6 Å². The van der Waals surface area contributed by atoms with Crippen LogP contribution in [-0.2, 0) is 9.84 Å². The first-order valence-corrected chi connectivity index (χ1v) is 5.95. The summed E-state index contributed by atoms with van der Waals surface area (Å²) in [5, 5.41) is 9.25. The first-order chi connectivity index (χ1) is 6.88. The van der Waals surface area contributed by atoms with Crippen LogP contribution in [0.1, 0.15) is 5.56 Å². The summed E-state index contributed by atoms with van der Waals surface area (Å²) in [5.74, 6) is -0.233. The van der Waals surface area contributed by atoms with Crippen LogP contribution < -0.4 is 0 Å². The fourth-order valence-electron chi connectivity index (χ4n) is 1.22. The number of nitrogens with zero attached hydrogens (tertiary/aromatic N) is 1. The molecule has 80 valence electrons. The molecule has 15 heavy (non-hydrogen) atoms. The Labute approximate surface area is 88.5 Å². The number of para-hydroxylation sites is 1. The van der Waals surface area contributed by atoms with Crippen molar-refractivity contribution >= 4 is 28.0 Å². The van der Waals surface area contributed by atoms with Crippen LogP contribution in [0.3, 0.4) is 0 Å². The molecule has 0 amide bonds. The minimum Gasteiger partial charge on any atom is -0.508 e. The summed E-state index contributed by atoms with van der Waals surface area (Å²) >= 11 is 0. The highest BCUT2D eigenvalue weighted by Gasteiger charge is 2.16. The Balaban J connectivity index is 3.63. The van der Waals surface area contributed by atoms with Crippen LogP contribution >= 0.6 is 0 Å². The van der Waals surface area contributed by atoms with Crippen molar-refractivity contribution in [1.29, 1.82) is 0 Å². The molecule has 0 saturated heterocycles. The summed E-state index contributed by atoms with van der Waals surface area (Å²) in [6, 6.07) is 4.45. The lowest BCUT2D eigenvalue weighted by Gasteiger charge is -2.07. The smallest absolute Gasteiger partial charge is 0.177 e. The summed E-state index contributed by atoms with van der Waals surface area (Å²) in [6.07, 6.45) is 1.07. The third-order valence-electron chi connectivity index (χ3n) is 1.87. The highest BCUT2D eigenvalue weighted by atomic mass is 32.2. The third kappa shape index (κ3) is 2.24. The average molecular weight is 225 g/mol. The SMILES string of the molecule is C=Nc1c(C(=C)O)cccc1S(C)(=O)=O. The predicted octanol–water partition coefficient (Wildman–Crippen LogP) is 1.95. The molecule has 0 heterocycles. The molecule has 1 N–H and O–H groups in total. The summed E-state index contributed by atoms with van der Waals surface area (Å²) in [7, 11) is -3.39. The zero-order chi connectivity index (χ0) is 11.6. The average Bonchev–Trinajstić information content (AvgIpc) is 2.15. The minimum absolute atomic E-state index is 0.0326. The van der Waals surface area contributed by atoms with E-state index in [0.29, 0.717) is 0 Å². The first-order valence-electron chi connectivity index (χ1n) is 4.06. The molecular weight excluding hydrogens is 214 g/mol. The molecule has 0 aliphatic carbocycles. The number of aliphatic hydroxyl groups excluding tert-OH is 1. The Hall–Kier alpha value is -1.62. The predicted molar refractivity (Wildman–Crippen MR) is 60.4 cm³/mol. The zero-order valence-electron chi connectivity index (χ0n) is 8.27. The number of aliphatic imine (C=N–C) groups is 1. The summed E-state index contributed by atoms with van der Waals surface area (Å²) in [5.41, 5.74) is 0.403. The van der Waals surface area contributed by atoms with Gasteiger partial charge in [-0.25, -0.2) is 8.42 Å². The van der Waals surface area contributed by atoms with E-state index in [1.165, 1.54) is 18.2 Å². The zero-order valence-corrected chi connectivity index (χ0v) is 9.08. The molecule has 0 aromatic heterocycles. The number of hydrogen-bond acceptors (Lipinski definition) is 4. The van der Waals surface area contributed by atoms with E-state index >= 15 is 0 Å². The van der Waals surface area contributed by atoms with Gasteiger partial charge in [-0.15, -0.1) is 0 Å². The Morgan fingerprint density at radius 1 is 1.47 bits per heavy atom. The fraction of sp³-hybridized carbons (Fsp3) is 0.100.